The van der Waals surface area contributed by atoms with Gasteiger partial charge in [0.1, 0.15) is 24.4 Å². The summed E-state index contributed by atoms with van der Waals surface area (Å²) in [5.41, 5.74) is -0.236. The number of hydrogen-bond donors (Lipinski definition) is 1. The molecular formula is C16H16FN3O4. The van der Waals surface area contributed by atoms with Crippen LogP contribution in [0.25, 0.3) is 0 Å². The summed E-state index contributed by atoms with van der Waals surface area (Å²) in [5, 5.41) is 13.6. The zero-order valence-corrected chi connectivity index (χ0v) is 12.9. The predicted octanol–water partition coefficient (Wildman–Crippen LogP) is 3.18. The Morgan fingerprint density at radius 1 is 1.38 bits per heavy atom. The average Bonchev–Trinajstić information content (AvgIpc) is 2.59. The summed E-state index contributed by atoms with van der Waals surface area (Å²) in [6.45, 7) is 1.89. The third-order valence-corrected chi connectivity index (χ3v) is 3.31. The molecule has 0 amide bonds. The van der Waals surface area contributed by atoms with Gasteiger partial charge in [0.25, 0.3) is 5.69 Å². The van der Waals surface area contributed by atoms with Crippen LogP contribution in [-0.2, 0) is 4.74 Å². The van der Waals surface area contributed by atoms with Crippen molar-refractivity contribution in [1.29, 1.82) is 0 Å². The van der Waals surface area contributed by atoms with E-state index in [1.54, 1.807) is 6.07 Å². The lowest BCUT2D eigenvalue weighted by Gasteiger charge is -2.17. The number of hydrogen-bond acceptors (Lipinski definition) is 6. The van der Waals surface area contributed by atoms with Crippen molar-refractivity contribution in [1.82, 2.24) is 4.98 Å². The number of esters is 1. The smallest absolute Gasteiger partial charge is 0.341 e. The zero-order valence-electron chi connectivity index (χ0n) is 12.9. The molecule has 0 radical (unpaired) electrons. The largest absolute Gasteiger partial charge is 0.460 e. The van der Waals surface area contributed by atoms with Gasteiger partial charge in [-0.15, -0.1) is 0 Å². The number of halogens is 1. The number of pyridine rings is 1. The molecule has 2 aromatic rings. The van der Waals surface area contributed by atoms with Crippen LogP contribution in [0.1, 0.15) is 23.7 Å². The van der Waals surface area contributed by atoms with Gasteiger partial charge in [-0.05, 0) is 24.6 Å². The van der Waals surface area contributed by atoms with Crippen LogP contribution in [0, 0.1) is 15.9 Å². The molecule has 126 valence electrons. The van der Waals surface area contributed by atoms with Gasteiger partial charge in [-0.3, -0.25) is 10.1 Å². The SMILES string of the molecule is CCC(COC(=O)c1ccccc1F)Nc1ccc([N+](=O)[O-])cn1. The zero-order chi connectivity index (χ0) is 17.5. The molecular weight excluding hydrogens is 317 g/mol. The van der Waals surface area contributed by atoms with E-state index in [-0.39, 0.29) is 23.9 Å². The molecule has 2 rings (SSSR count). The number of carbonyl (C=O) groups is 1. The molecule has 1 heterocycles. The Balaban J connectivity index is 1.93. The molecule has 1 atom stereocenters. The van der Waals surface area contributed by atoms with Crippen molar-refractivity contribution in [2.45, 2.75) is 19.4 Å². The van der Waals surface area contributed by atoms with E-state index in [1.165, 1.54) is 30.3 Å². The van der Waals surface area contributed by atoms with Gasteiger partial charge in [0.15, 0.2) is 0 Å². The van der Waals surface area contributed by atoms with E-state index in [1.807, 2.05) is 6.92 Å². The third-order valence-electron chi connectivity index (χ3n) is 3.31. The Kier molecular flexibility index (Phi) is 5.78. The van der Waals surface area contributed by atoms with Crippen LogP contribution in [0.2, 0.25) is 0 Å². The van der Waals surface area contributed by atoms with E-state index in [2.05, 4.69) is 10.3 Å². The van der Waals surface area contributed by atoms with Gasteiger partial charge < -0.3 is 10.1 Å². The summed E-state index contributed by atoms with van der Waals surface area (Å²) in [6, 6.07) is 8.12. The molecule has 24 heavy (non-hydrogen) atoms. The summed E-state index contributed by atoms with van der Waals surface area (Å²) >= 11 is 0. The highest BCUT2D eigenvalue weighted by molar-refractivity contribution is 5.89. The second kappa shape index (κ2) is 8.00. The first kappa shape index (κ1) is 17.3. The van der Waals surface area contributed by atoms with Gasteiger partial charge in [0.05, 0.1) is 16.5 Å². The van der Waals surface area contributed by atoms with Crippen LogP contribution in [0.4, 0.5) is 15.9 Å². The number of carbonyl (C=O) groups excluding carboxylic acids is 1. The molecule has 1 aromatic heterocycles. The van der Waals surface area contributed by atoms with Crippen molar-refractivity contribution < 1.29 is 18.8 Å². The minimum atomic E-state index is -0.745. The number of ether oxygens (including phenoxy) is 1. The van der Waals surface area contributed by atoms with Crippen molar-refractivity contribution in [3.8, 4) is 0 Å². The van der Waals surface area contributed by atoms with E-state index in [0.717, 1.165) is 6.20 Å². The molecule has 0 fully saturated rings. The van der Waals surface area contributed by atoms with Gasteiger partial charge in [-0.1, -0.05) is 19.1 Å². The molecule has 0 bridgehead atoms. The topological polar surface area (TPSA) is 94.4 Å². The number of anilines is 1. The number of benzene rings is 1. The van der Waals surface area contributed by atoms with Crippen molar-refractivity contribution in [3.05, 3.63) is 64.1 Å². The number of nitro groups is 1. The van der Waals surface area contributed by atoms with Gasteiger partial charge in [0, 0.05) is 6.07 Å². The summed E-state index contributed by atoms with van der Waals surface area (Å²) in [4.78, 5) is 25.9. The molecule has 7 nitrogen and oxygen atoms in total. The van der Waals surface area contributed by atoms with Gasteiger partial charge in [0.2, 0.25) is 0 Å². The highest BCUT2D eigenvalue weighted by atomic mass is 19.1. The fraction of sp³-hybridized carbons (Fsp3) is 0.250. The monoisotopic (exact) mass is 333 g/mol. The first-order valence-electron chi connectivity index (χ1n) is 7.30. The molecule has 0 aliphatic heterocycles. The lowest BCUT2D eigenvalue weighted by atomic mass is 10.2. The molecule has 0 spiro atoms. The lowest BCUT2D eigenvalue weighted by Crippen LogP contribution is -2.27. The Morgan fingerprint density at radius 2 is 2.12 bits per heavy atom. The van der Waals surface area contributed by atoms with Crippen LogP contribution in [0.5, 0.6) is 0 Å². The standard InChI is InChI=1S/C16H16FN3O4/c1-2-11(19-15-8-7-12(9-18-15)20(22)23)10-24-16(21)13-5-3-4-6-14(13)17/h3-9,11H,2,10H2,1H3,(H,18,19). The van der Waals surface area contributed by atoms with E-state index in [9.17, 15) is 19.3 Å². The minimum absolute atomic E-state index is 0.0162. The fourth-order valence-electron chi connectivity index (χ4n) is 1.93. The number of rotatable bonds is 7. The van der Waals surface area contributed by atoms with Crippen LogP contribution < -0.4 is 5.32 Å². The predicted molar refractivity (Wildman–Crippen MR) is 85.3 cm³/mol. The quantitative estimate of drug-likeness (QED) is 0.475. The maximum atomic E-state index is 13.5. The van der Waals surface area contributed by atoms with Crippen LogP contribution in [-0.4, -0.2) is 28.5 Å². The Bertz CT molecular complexity index is 722. The van der Waals surface area contributed by atoms with E-state index in [0.29, 0.717) is 12.2 Å². The van der Waals surface area contributed by atoms with Crippen LogP contribution >= 0.6 is 0 Å². The normalized spacial score (nSPS) is 11.6. The molecule has 0 saturated carbocycles. The molecule has 0 aliphatic rings. The Hall–Kier alpha value is -3.03. The molecule has 1 N–H and O–H groups in total. The highest BCUT2D eigenvalue weighted by Gasteiger charge is 2.15. The van der Waals surface area contributed by atoms with E-state index >= 15 is 0 Å². The number of nitrogens with zero attached hydrogens (tertiary/aromatic N) is 2. The van der Waals surface area contributed by atoms with Gasteiger partial charge >= 0.3 is 5.97 Å². The van der Waals surface area contributed by atoms with E-state index in [4.69, 9.17) is 4.74 Å². The van der Waals surface area contributed by atoms with Gasteiger partial charge in [-0.2, -0.15) is 0 Å². The summed E-state index contributed by atoms with van der Waals surface area (Å²) in [7, 11) is 0. The number of nitrogens with one attached hydrogen (secondary N) is 1. The van der Waals surface area contributed by atoms with Crippen molar-refractivity contribution in [2.75, 3.05) is 11.9 Å². The van der Waals surface area contributed by atoms with Crippen molar-refractivity contribution >= 4 is 17.5 Å². The molecule has 1 aromatic carbocycles. The number of aromatic nitrogens is 1. The molecule has 1 unspecified atom stereocenters. The molecule has 0 aliphatic carbocycles. The fourth-order valence-corrected chi connectivity index (χ4v) is 1.93. The summed E-state index contributed by atoms with van der Waals surface area (Å²) < 4.78 is 18.6. The Labute approximate surface area is 137 Å². The maximum Gasteiger partial charge on any atom is 0.341 e. The summed E-state index contributed by atoms with van der Waals surface area (Å²) in [5.74, 6) is -0.958. The van der Waals surface area contributed by atoms with Crippen LogP contribution in [0.15, 0.2) is 42.6 Å². The van der Waals surface area contributed by atoms with E-state index < -0.39 is 16.7 Å². The average molecular weight is 333 g/mol. The van der Waals surface area contributed by atoms with Crippen LogP contribution in [0.3, 0.4) is 0 Å². The van der Waals surface area contributed by atoms with Gasteiger partial charge in [-0.25, -0.2) is 14.2 Å². The highest BCUT2D eigenvalue weighted by Crippen LogP contribution is 2.14. The maximum absolute atomic E-state index is 13.5. The lowest BCUT2D eigenvalue weighted by molar-refractivity contribution is -0.385. The second-order valence-electron chi connectivity index (χ2n) is 4.99. The summed E-state index contributed by atoms with van der Waals surface area (Å²) in [6.07, 6.45) is 1.75. The first-order chi connectivity index (χ1) is 11.5. The van der Waals surface area contributed by atoms with Crippen molar-refractivity contribution in [3.63, 3.8) is 0 Å². The third kappa shape index (κ3) is 4.48. The molecule has 8 heteroatoms. The second-order valence-corrected chi connectivity index (χ2v) is 4.99. The minimum Gasteiger partial charge on any atom is -0.460 e. The van der Waals surface area contributed by atoms with Crippen molar-refractivity contribution in [2.24, 2.45) is 0 Å². The molecule has 0 saturated heterocycles. The first-order valence-corrected chi connectivity index (χ1v) is 7.30. The Morgan fingerprint density at radius 3 is 2.71 bits per heavy atom.